The molecular formula is C26H26ClN3O4S. The van der Waals surface area contributed by atoms with Crippen LogP contribution in [0.15, 0.2) is 71.6 Å². The number of hydrogen-bond acceptors (Lipinski definition) is 4. The molecule has 0 spiro atoms. The predicted molar refractivity (Wildman–Crippen MR) is 137 cm³/mol. The Morgan fingerprint density at radius 2 is 1.80 bits per heavy atom. The summed E-state index contributed by atoms with van der Waals surface area (Å²) in [6.45, 7) is 3.78. The summed E-state index contributed by atoms with van der Waals surface area (Å²) in [6, 6.07) is 18.0. The van der Waals surface area contributed by atoms with Gasteiger partial charge in [-0.15, -0.1) is 0 Å². The maximum absolute atomic E-state index is 13.3. The molecule has 1 unspecified atom stereocenters. The highest BCUT2D eigenvalue weighted by Crippen LogP contribution is 2.30. The van der Waals surface area contributed by atoms with Crippen LogP contribution in [0.3, 0.4) is 0 Å². The fourth-order valence-corrected chi connectivity index (χ4v) is 5.55. The maximum atomic E-state index is 13.3. The molecule has 7 nitrogen and oxygen atoms in total. The number of nitrogens with one attached hydrogen (secondary N) is 2. The first kappa shape index (κ1) is 24.9. The molecule has 0 fully saturated rings. The van der Waals surface area contributed by atoms with E-state index in [0.29, 0.717) is 34.9 Å². The molecule has 0 bridgehead atoms. The van der Waals surface area contributed by atoms with Gasteiger partial charge in [-0.3, -0.25) is 9.59 Å². The van der Waals surface area contributed by atoms with Crippen LogP contribution in [0.2, 0.25) is 5.02 Å². The number of anilines is 2. The first-order chi connectivity index (χ1) is 16.7. The molecule has 1 aliphatic heterocycles. The number of amides is 2. The van der Waals surface area contributed by atoms with Crippen molar-refractivity contribution < 1.29 is 18.0 Å². The normalized spacial score (nSPS) is 13.9. The van der Waals surface area contributed by atoms with Crippen molar-refractivity contribution in [1.82, 2.24) is 4.72 Å². The standard InChI is InChI=1S/C26H26ClN3O4S/c1-17-22(27)9-6-10-23(17)28-26(32)24(15-19-7-4-3-5-8-19)29-35(33,34)21-11-12-25-20(16-21)13-14-30(25)18(2)31/h3-12,16,24,29H,13-15H2,1-2H3,(H,28,32). The summed E-state index contributed by atoms with van der Waals surface area (Å²) in [5.74, 6) is -0.583. The summed E-state index contributed by atoms with van der Waals surface area (Å²) in [6.07, 6.45) is 0.731. The minimum Gasteiger partial charge on any atom is -0.324 e. The van der Waals surface area contributed by atoms with E-state index in [1.54, 1.807) is 42.2 Å². The van der Waals surface area contributed by atoms with Gasteiger partial charge in [-0.1, -0.05) is 48.0 Å². The van der Waals surface area contributed by atoms with E-state index in [1.807, 2.05) is 30.3 Å². The quantitative estimate of drug-likeness (QED) is 0.499. The van der Waals surface area contributed by atoms with Crippen molar-refractivity contribution in [2.75, 3.05) is 16.8 Å². The first-order valence-electron chi connectivity index (χ1n) is 11.2. The number of sulfonamides is 1. The van der Waals surface area contributed by atoms with E-state index < -0.39 is 22.0 Å². The molecular weight excluding hydrogens is 486 g/mol. The molecule has 35 heavy (non-hydrogen) atoms. The molecule has 4 rings (SSSR count). The lowest BCUT2D eigenvalue weighted by atomic mass is 10.1. The average molecular weight is 512 g/mol. The van der Waals surface area contributed by atoms with E-state index in [9.17, 15) is 18.0 Å². The highest BCUT2D eigenvalue weighted by atomic mass is 35.5. The van der Waals surface area contributed by atoms with Gasteiger partial charge in [0, 0.05) is 29.9 Å². The van der Waals surface area contributed by atoms with Gasteiger partial charge in [-0.2, -0.15) is 4.72 Å². The molecule has 1 atom stereocenters. The fourth-order valence-electron chi connectivity index (χ4n) is 4.13. The summed E-state index contributed by atoms with van der Waals surface area (Å²) in [7, 11) is -4.03. The minimum absolute atomic E-state index is 0.0476. The molecule has 1 heterocycles. The largest absolute Gasteiger partial charge is 0.324 e. The summed E-state index contributed by atoms with van der Waals surface area (Å²) in [5, 5.41) is 3.31. The van der Waals surface area contributed by atoms with E-state index in [0.717, 1.165) is 11.1 Å². The Kier molecular flexibility index (Phi) is 7.25. The van der Waals surface area contributed by atoms with E-state index in [2.05, 4.69) is 10.0 Å². The van der Waals surface area contributed by atoms with Crippen LogP contribution in [0.1, 0.15) is 23.6 Å². The fraction of sp³-hybridized carbons (Fsp3) is 0.231. The van der Waals surface area contributed by atoms with E-state index in [4.69, 9.17) is 11.6 Å². The second-order valence-corrected chi connectivity index (χ2v) is 10.6. The average Bonchev–Trinajstić information content (AvgIpc) is 3.26. The first-order valence-corrected chi connectivity index (χ1v) is 13.0. The zero-order chi connectivity index (χ0) is 25.2. The van der Waals surface area contributed by atoms with Crippen molar-refractivity contribution in [2.45, 2.75) is 37.6 Å². The highest BCUT2D eigenvalue weighted by molar-refractivity contribution is 7.89. The van der Waals surface area contributed by atoms with Gasteiger partial charge in [0.25, 0.3) is 0 Å². The zero-order valence-electron chi connectivity index (χ0n) is 19.4. The Bertz CT molecular complexity index is 1380. The van der Waals surface area contributed by atoms with E-state index in [-0.39, 0.29) is 17.2 Å². The molecule has 0 saturated carbocycles. The van der Waals surface area contributed by atoms with Crippen LogP contribution in [-0.2, 0) is 32.5 Å². The Morgan fingerprint density at radius 3 is 2.51 bits per heavy atom. The Labute approximate surface area is 210 Å². The van der Waals surface area contributed by atoms with Gasteiger partial charge >= 0.3 is 0 Å². The van der Waals surface area contributed by atoms with Gasteiger partial charge < -0.3 is 10.2 Å². The predicted octanol–water partition coefficient (Wildman–Crippen LogP) is 4.09. The number of benzene rings is 3. The van der Waals surface area contributed by atoms with Crippen LogP contribution in [0, 0.1) is 6.92 Å². The summed E-state index contributed by atoms with van der Waals surface area (Å²) >= 11 is 6.18. The van der Waals surface area contributed by atoms with Crippen LogP contribution in [0.4, 0.5) is 11.4 Å². The maximum Gasteiger partial charge on any atom is 0.242 e. The molecule has 0 aliphatic carbocycles. The molecule has 182 valence electrons. The van der Waals surface area contributed by atoms with Crippen LogP contribution in [0.5, 0.6) is 0 Å². The van der Waals surface area contributed by atoms with Gasteiger partial charge in [-0.25, -0.2) is 8.42 Å². The van der Waals surface area contributed by atoms with E-state index >= 15 is 0 Å². The van der Waals surface area contributed by atoms with Crippen molar-refractivity contribution in [3.05, 3.63) is 88.4 Å². The molecule has 9 heteroatoms. The molecule has 1 aliphatic rings. The molecule has 3 aromatic rings. The lowest BCUT2D eigenvalue weighted by molar-refractivity contribution is -0.118. The molecule has 2 N–H and O–H groups in total. The Hall–Kier alpha value is -3.20. The monoisotopic (exact) mass is 511 g/mol. The van der Waals surface area contributed by atoms with Gasteiger partial charge in [0.1, 0.15) is 6.04 Å². The van der Waals surface area contributed by atoms with Crippen molar-refractivity contribution in [1.29, 1.82) is 0 Å². The smallest absolute Gasteiger partial charge is 0.242 e. The number of carbonyl (C=O) groups excluding carboxylic acids is 2. The van der Waals surface area contributed by atoms with Crippen molar-refractivity contribution in [3.8, 4) is 0 Å². The van der Waals surface area contributed by atoms with Gasteiger partial charge in [0.2, 0.25) is 21.8 Å². The summed E-state index contributed by atoms with van der Waals surface area (Å²) in [4.78, 5) is 26.8. The third kappa shape index (κ3) is 5.56. The molecule has 0 radical (unpaired) electrons. The van der Waals surface area contributed by atoms with Crippen LogP contribution in [0.25, 0.3) is 0 Å². The van der Waals surface area contributed by atoms with Crippen LogP contribution < -0.4 is 14.9 Å². The summed E-state index contributed by atoms with van der Waals surface area (Å²) < 4.78 is 29.3. The van der Waals surface area contributed by atoms with Crippen molar-refractivity contribution >= 4 is 44.8 Å². The topological polar surface area (TPSA) is 95.6 Å². The second kappa shape index (κ2) is 10.2. The van der Waals surface area contributed by atoms with Crippen molar-refractivity contribution in [3.63, 3.8) is 0 Å². The molecule has 2 amide bonds. The number of nitrogens with zero attached hydrogens (tertiary/aromatic N) is 1. The number of hydrogen-bond donors (Lipinski definition) is 2. The second-order valence-electron chi connectivity index (χ2n) is 8.48. The number of fused-ring (bicyclic) bond motifs is 1. The number of rotatable bonds is 7. The molecule has 0 aromatic heterocycles. The highest BCUT2D eigenvalue weighted by Gasteiger charge is 2.29. The third-order valence-corrected chi connectivity index (χ3v) is 7.94. The zero-order valence-corrected chi connectivity index (χ0v) is 21.0. The van der Waals surface area contributed by atoms with Gasteiger partial charge in [0.05, 0.1) is 4.90 Å². The Balaban J connectivity index is 1.61. The lowest BCUT2D eigenvalue weighted by Gasteiger charge is -2.20. The third-order valence-electron chi connectivity index (χ3n) is 6.06. The van der Waals surface area contributed by atoms with Crippen LogP contribution >= 0.6 is 11.6 Å². The minimum atomic E-state index is -4.03. The number of carbonyl (C=O) groups is 2. The Morgan fingerprint density at radius 1 is 1.06 bits per heavy atom. The molecule has 3 aromatic carbocycles. The summed E-state index contributed by atoms with van der Waals surface area (Å²) in [5.41, 5.74) is 3.51. The van der Waals surface area contributed by atoms with Crippen LogP contribution in [-0.4, -0.2) is 32.8 Å². The SMILES string of the molecule is CC(=O)N1CCc2cc(S(=O)(=O)NC(Cc3ccccc3)C(=O)Nc3cccc(Cl)c3C)ccc21. The van der Waals surface area contributed by atoms with E-state index in [1.165, 1.54) is 13.0 Å². The van der Waals surface area contributed by atoms with Crippen molar-refractivity contribution in [2.24, 2.45) is 0 Å². The lowest BCUT2D eigenvalue weighted by Crippen LogP contribution is -2.45. The van der Waals surface area contributed by atoms with Gasteiger partial charge in [-0.05, 0) is 66.8 Å². The number of halogens is 1. The van der Waals surface area contributed by atoms with Gasteiger partial charge in [0.15, 0.2) is 0 Å². The molecule has 0 saturated heterocycles.